The molecule has 5 aromatic rings. The lowest BCUT2D eigenvalue weighted by atomic mass is 10.0. The topological polar surface area (TPSA) is 55.1 Å². The second kappa shape index (κ2) is 9.63. The zero-order valence-electron chi connectivity index (χ0n) is 20.7. The number of amides is 2. The van der Waals surface area contributed by atoms with Crippen molar-refractivity contribution in [2.75, 3.05) is 5.32 Å². The number of urea groups is 1. The highest BCUT2D eigenvalue weighted by molar-refractivity contribution is 5.90. The standard InChI is InChI=1S/C30H25F2N5O/c1-2-25-23-19-36(30(38)33-26-18-21(31)15-16-24(26)32)28(20-10-5-3-6-11-20)27-14-9-17-35(27)29(23)37(34-25)22-12-7-4-8-13-22/h3-18,28H,2,19H2,1H3,(H,33,38)/t28-/m1/s1. The summed E-state index contributed by atoms with van der Waals surface area (Å²) in [6.45, 7) is 2.25. The van der Waals surface area contributed by atoms with E-state index in [1.165, 1.54) is 0 Å². The predicted octanol–water partition coefficient (Wildman–Crippen LogP) is 6.64. The number of rotatable bonds is 4. The molecule has 1 N–H and O–H groups in total. The number of aryl methyl sites for hydroxylation is 1. The number of aromatic nitrogens is 3. The number of para-hydroxylation sites is 1. The van der Waals surface area contributed by atoms with Crippen LogP contribution in [0, 0.1) is 11.6 Å². The van der Waals surface area contributed by atoms with Gasteiger partial charge in [-0.05, 0) is 48.4 Å². The Hall–Kier alpha value is -4.72. The monoisotopic (exact) mass is 509 g/mol. The summed E-state index contributed by atoms with van der Waals surface area (Å²) in [6, 6.07) is 25.4. The Labute approximate surface area is 218 Å². The fraction of sp³-hybridized carbons (Fsp3) is 0.133. The van der Waals surface area contributed by atoms with Crippen LogP contribution in [-0.2, 0) is 13.0 Å². The molecule has 0 fully saturated rings. The van der Waals surface area contributed by atoms with E-state index >= 15 is 0 Å². The quantitative estimate of drug-likeness (QED) is 0.295. The Morgan fingerprint density at radius 2 is 1.71 bits per heavy atom. The summed E-state index contributed by atoms with van der Waals surface area (Å²) < 4.78 is 32.4. The van der Waals surface area contributed by atoms with E-state index in [2.05, 4.69) is 9.88 Å². The van der Waals surface area contributed by atoms with Crippen molar-refractivity contribution >= 4 is 11.7 Å². The summed E-state index contributed by atoms with van der Waals surface area (Å²) in [5.74, 6) is -0.493. The van der Waals surface area contributed by atoms with Crippen molar-refractivity contribution in [3.05, 3.63) is 131 Å². The van der Waals surface area contributed by atoms with Crippen LogP contribution in [0.3, 0.4) is 0 Å². The molecule has 6 rings (SSSR count). The van der Waals surface area contributed by atoms with Crippen LogP contribution in [0.2, 0.25) is 0 Å². The summed E-state index contributed by atoms with van der Waals surface area (Å²) >= 11 is 0. The summed E-state index contributed by atoms with van der Waals surface area (Å²) in [5, 5.41) is 7.54. The number of hydrogen-bond donors (Lipinski definition) is 1. The lowest BCUT2D eigenvalue weighted by Gasteiger charge is -2.31. The molecule has 2 aromatic heterocycles. The van der Waals surface area contributed by atoms with Gasteiger partial charge in [0.1, 0.15) is 17.5 Å². The van der Waals surface area contributed by atoms with Gasteiger partial charge in [0.25, 0.3) is 0 Å². The molecule has 0 spiro atoms. The van der Waals surface area contributed by atoms with Crippen molar-refractivity contribution in [3.63, 3.8) is 0 Å². The molecule has 3 heterocycles. The molecule has 0 saturated carbocycles. The minimum Gasteiger partial charge on any atom is -0.307 e. The second-order valence-corrected chi connectivity index (χ2v) is 9.15. The maximum atomic E-state index is 14.5. The van der Waals surface area contributed by atoms with Crippen LogP contribution in [0.1, 0.15) is 35.5 Å². The van der Waals surface area contributed by atoms with Crippen molar-refractivity contribution in [3.8, 4) is 11.5 Å². The molecule has 0 saturated heterocycles. The molecule has 0 radical (unpaired) electrons. The van der Waals surface area contributed by atoms with Gasteiger partial charge in [0, 0.05) is 17.8 Å². The number of anilines is 1. The van der Waals surface area contributed by atoms with E-state index in [-0.39, 0.29) is 12.2 Å². The summed E-state index contributed by atoms with van der Waals surface area (Å²) in [5.41, 5.74) is 4.18. The third-order valence-corrected chi connectivity index (χ3v) is 6.85. The highest BCUT2D eigenvalue weighted by Crippen LogP contribution is 2.39. The summed E-state index contributed by atoms with van der Waals surface area (Å²) in [6.07, 6.45) is 2.63. The average Bonchev–Trinajstić information content (AvgIpc) is 3.52. The van der Waals surface area contributed by atoms with Crippen molar-refractivity contribution < 1.29 is 13.6 Å². The van der Waals surface area contributed by atoms with Crippen LogP contribution in [-0.4, -0.2) is 25.3 Å². The first-order chi connectivity index (χ1) is 18.5. The Bertz CT molecular complexity index is 1610. The molecule has 0 bridgehead atoms. The van der Waals surface area contributed by atoms with Gasteiger partial charge in [-0.2, -0.15) is 5.10 Å². The van der Waals surface area contributed by atoms with Gasteiger partial charge >= 0.3 is 6.03 Å². The van der Waals surface area contributed by atoms with Crippen LogP contribution < -0.4 is 5.32 Å². The van der Waals surface area contributed by atoms with Crippen LogP contribution in [0.15, 0.2) is 97.2 Å². The number of halogens is 2. The first-order valence-corrected chi connectivity index (χ1v) is 12.5. The number of nitrogens with one attached hydrogen (secondary N) is 1. The molecule has 3 aromatic carbocycles. The number of nitrogens with zero attached hydrogens (tertiary/aromatic N) is 4. The van der Waals surface area contributed by atoms with Crippen LogP contribution in [0.4, 0.5) is 19.3 Å². The van der Waals surface area contributed by atoms with Gasteiger partial charge in [-0.3, -0.25) is 0 Å². The molecule has 1 atom stereocenters. The molecular formula is C30H25F2N5O. The van der Waals surface area contributed by atoms with Gasteiger partial charge in [-0.25, -0.2) is 18.3 Å². The van der Waals surface area contributed by atoms with Gasteiger partial charge in [-0.1, -0.05) is 55.5 Å². The number of carbonyl (C=O) groups is 1. The van der Waals surface area contributed by atoms with E-state index in [9.17, 15) is 13.6 Å². The molecular weight excluding hydrogens is 484 g/mol. The average molecular weight is 510 g/mol. The Morgan fingerprint density at radius 1 is 0.974 bits per heavy atom. The van der Waals surface area contributed by atoms with E-state index < -0.39 is 23.7 Å². The first kappa shape index (κ1) is 23.7. The second-order valence-electron chi connectivity index (χ2n) is 9.15. The lowest BCUT2D eigenvalue weighted by Crippen LogP contribution is -2.38. The van der Waals surface area contributed by atoms with Gasteiger partial charge in [0.05, 0.1) is 35.3 Å². The number of carbonyl (C=O) groups excluding carboxylic acids is 1. The highest BCUT2D eigenvalue weighted by atomic mass is 19.1. The maximum Gasteiger partial charge on any atom is 0.323 e. The normalized spacial score (nSPS) is 14.5. The lowest BCUT2D eigenvalue weighted by molar-refractivity contribution is 0.194. The number of hydrogen-bond acceptors (Lipinski definition) is 2. The van der Waals surface area contributed by atoms with Crippen molar-refractivity contribution in [1.82, 2.24) is 19.2 Å². The maximum absolute atomic E-state index is 14.5. The molecule has 8 heteroatoms. The van der Waals surface area contributed by atoms with E-state index in [4.69, 9.17) is 5.10 Å². The minimum atomic E-state index is -0.707. The molecule has 1 aliphatic rings. The molecule has 0 aliphatic carbocycles. The minimum absolute atomic E-state index is 0.211. The van der Waals surface area contributed by atoms with Crippen LogP contribution in [0.25, 0.3) is 11.5 Å². The van der Waals surface area contributed by atoms with Crippen molar-refractivity contribution in [2.45, 2.75) is 25.9 Å². The van der Waals surface area contributed by atoms with Gasteiger partial charge < -0.3 is 14.8 Å². The highest BCUT2D eigenvalue weighted by Gasteiger charge is 2.36. The largest absolute Gasteiger partial charge is 0.323 e. The zero-order valence-corrected chi connectivity index (χ0v) is 20.7. The molecule has 190 valence electrons. The Morgan fingerprint density at radius 3 is 2.45 bits per heavy atom. The molecule has 2 amide bonds. The van der Waals surface area contributed by atoms with Gasteiger partial charge in [0.2, 0.25) is 0 Å². The third-order valence-electron chi connectivity index (χ3n) is 6.85. The van der Waals surface area contributed by atoms with E-state index in [0.717, 1.165) is 52.2 Å². The molecule has 6 nitrogen and oxygen atoms in total. The summed E-state index contributed by atoms with van der Waals surface area (Å²) in [4.78, 5) is 15.5. The predicted molar refractivity (Wildman–Crippen MR) is 141 cm³/mol. The number of fused-ring (bicyclic) bond motifs is 3. The van der Waals surface area contributed by atoms with E-state index in [1.54, 1.807) is 4.90 Å². The number of benzene rings is 3. The van der Waals surface area contributed by atoms with Crippen molar-refractivity contribution in [2.24, 2.45) is 0 Å². The van der Waals surface area contributed by atoms with E-state index in [1.807, 2.05) is 90.6 Å². The SMILES string of the molecule is CCc1nn(-c2ccccc2)c2c1CN(C(=O)Nc1cc(F)ccc1F)[C@H](c1ccccc1)c1cccn1-2. The first-order valence-electron chi connectivity index (χ1n) is 12.5. The Kier molecular flexibility index (Phi) is 5.99. The van der Waals surface area contributed by atoms with E-state index in [0.29, 0.717) is 6.42 Å². The smallest absolute Gasteiger partial charge is 0.307 e. The Balaban J connectivity index is 1.55. The van der Waals surface area contributed by atoms with Crippen LogP contribution in [0.5, 0.6) is 0 Å². The molecule has 38 heavy (non-hydrogen) atoms. The van der Waals surface area contributed by atoms with Crippen LogP contribution >= 0.6 is 0 Å². The third kappa shape index (κ3) is 4.04. The molecule has 0 unspecified atom stereocenters. The van der Waals surface area contributed by atoms with Gasteiger partial charge in [0.15, 0.2) is 0 Å². The molecule has 1 aliphatic heterocycles. The van der Waals surface area contributed by atoms with Gasteiger partial charge in [-0.15, -0.1) is 0 Å². The van der Waals surface area contributed by atoms with Crippen molar-refractivity contribution in [1.29, 1.82) is 0 Å². The fourth-order valence-corrected chi connectivity index (χ4v) is 5.11. The summed E-state index contributed by atoms with van der Waals surface area (Å²) in [7, 11) is 0. The zero-order chi connectivity index (χ0) is 26.2. The fourth-order valence-electron chi connectivity index (χ4n) is 5.11.